The van der Waals surface area contributed by atoms with Crippen molar-refractivity contribution >= 4 is 16.9 Å². The molecule has 1 amide bonds. The third-order valence-electron chi connectivity index (χ3n) is 4.33. The number of nitrogens with zero attached hydrogens (tertiary/aromatic N) is 4. The molecule has 4 rings (SSSR count). The Kier molecular flexibility index (Phi) is 3.33. The minimum Gasteiger partial charge on any atom is -0.361 e. The van der Waals surface area contributed by atoms with Crippen LogP contribution in [0.3, 0.4) is 0 Å². The van der Waals surface area contributed by atoms with Crippen molar-refractivity contribution in [1.29, 1.82) is 0 Å². The summed E-state index contributed by atoms with van der Waals surface area (Å²) in [6.45, 7) is 0.453. The van der Waals surface area contributed by atoms with E-state index in [-0.39, 0.29) is 5.91 Å². The summed E-state index contributed by atoms with van der Waals surface area (Å²) in [4.78, 5) is 14.3. The molecule has 1 aliphatic rings. The third-order valence-corrected chi connectivity index (χ3v) is 4.33. The molecule has 3 aromatic rings. The molecule has 0 saturated carbocycles. The van der Waals surface area contributed by atoms with Gasteiger partial charge in [0.2, 0.25) is 0 Å². The average Bonchev–Trinajstić information content (AvgIpc) is 3.20. The number of carbonyl (C=O) groups excluding carboxylic acids is 1. The van der Waals surface area contributed by atoms with Gasteiger partial charge in [0.15, 0.2) is 0 Å². The fourth-order valence-electron chi connectivity index (χ4n) is 3.06. The molecule has 0 atom stereocenters. The maximum Gasteiger partial charge on any atom is 0.254 e. The monoisotopic (exact) mass is 311 g/mol. The predicted octanol–water partition coefficient (Wildman–Crippen LogP) is 2.10. The van der Waals surface area contributed by atoms with Crippen molar-refractivity contribution in [3.8, 4) is 0 Å². The number of fused-ring (bicyclic) bond motifs is 2. The lowest BCUT2D eigenvalue weighted by molar-refractivity contribution is 0.0782. The third kappa shape index (κ3) is 2.48. The fourth-order valence-corrected chi connectivity index (χ4v) is 3.06. The molecule has 7 heteroatoms. The lowest BCUT2D eigenvalue weighted by atomic mass is 9.96. The molecule has 1 aliphatic carbocycles. The van der Waals surface area contributed by atoms with Crippen LogP contribution in [0.2, 0.25) is 0 Å². The number of carbonyl (C=O) groups is 1. The second kappa shape index (κ2) is 5.49. The number of rotatable bonds is 3. The quantitative estimate of drug-likeness (QED) is 0.800. The molecule has 0 unspecified atom stereocenters. The van der Waals surface area contributed by atoms with Crippen molar-refractivity contribution in [3.05, 3.63) is 40.8 Å². The van der Waals surface area contributed by atoms with Gasteiger partial charge in [0.1, 0.15) is 22.5 Å². The van der Waals surface area contributed by atoms with E-state index in [4.69, 9.17) is 4.52 Å². The van der Waals surface area contributed by atoms with Crippen LogP contribution in [0.4, 0.5) is 0 Å². The summed E-state index contributed by atoms with van der Waals surface area (Å²) in [5.41, 5.74) is 4.07. The van der Waals surface area contributed by atoms with Gasteiger partial charge in [-0.1, -0.05) is 5.16 Å². The summed E-state index contributed by atoms with van der Waals surface area (Å²) < 4.78 is 5.41. The summed E-state index contributed by atoms with van der Waals surface area (Å²) in [5, 5.41) is 14.7. The first kappa shape index (κ1) is 13.9. The molecule has 2 aromatic heterocycles. The number of aromatic nitrogens is 4. The van der Waals surface area contributed by atoms with E-state index < -0.39 is 0 Å². The fraction of sp³-hybridized carbons (Fsp3) is 0.375. The van der Waals surface area contributed by atoms with Crippen molar-refractivity contribution in [2.45, 2.75) is 32.2 Å². The van der Waals surface area contributed by atoms with Crippen molar-refractivity contribution < 1.29 is 9.32 Å². The van der Waals surface area contributed by atoms with Crippen molar-refractivity contribution in [3.63, 3.8) is 0 Å². The first-order valence-electron chi connectivity index (χ1n) is 7.74. The minimum atomic E-state index is -0.0672. The molecule has 0 spiro atoms. The van der Waals surface area contributed by atoms with Crippen molar-refractivity contribution in [2.24, 2.45) is 0 Å². The second-order valence-electron chi connectivity index (χ2n) is 5.93. The van der Waals surface area contributed by atoms with Gasteiger partial charge in [-0.3, -0.25) is 4.79 Å². The van der Waals surface area contributed by atoms with Crippen LogP contribution in [0.25, 0.3) is 11.0 Å². The Bertz CT molecular complexity index is 866. The summed E-state index contributed by atoms with van der Waals surface area (Å²) in [7, 11) is 1.78. The Morgan fingerprint density at radius 3 is 3.00 bits per heavy atom. The number of benzene rings is 1. The molecule has 7 nitrogen and oxygen atoms in total. The highest BCUT2D eigenvalue weighted by molar-refractivity contribution is 5.97. The lowest BCUT2D eigenvalue weighted by Crippen LogP contribution is -2.27. The Labute approximate surface area is 132 Å². The van der Waals surface area contributed by atoms with Crippen LogP contribution in [0.15, 0.2) is 22.7 Å². The molecule has 0 fully saturated rings. The molecule has 0 bridgehead atoms. The van der Waals surface area contributed by atoms with E-state index in [1.807, 2.05) is 0 Å². The Hall–Kier alpha value is -2.70. The van der Waals surface area contributed by atoms with E-state index in [0.29, 0.717) is 17.6 Å². The van der Waals surface area contributed by atoms with Gasteiger partial charge in [-0.05, 0) is 37.5 Å². The van der Waals surface area contributed by atoms with Gasteiger partial charge in [0.05, 0.1) is 6.54 Å². The topological polar surface area (TPSA) is 87.9 Å². The summed E-state index contributed by atoms with van der Waals surface area (Å²) in [6, 6.07) is 5.30. The Morgan fingerprint density at radius 1 is 1.26 bits per heavy atom. The standard InChI is InChI=1S/C16H17N5O2/c1-21(9-14-11-4-2-3-5-15(11)23-19-14)16(22)10-6-7-12-13(8-10)18-20-17-12/h6-8H,2-5,9H2,1H3,(H,17,18,20). The zero-order valence-corrected chi connectivity index (χ0v) is 12.9. The van der Waals surface area contributed by atoms with E-state index in [2.05, 4.69) is 20.6 Å². The maximum absolute atomic E-state index is 12.6. The van der Waals surface area contributed by atoms with Crippen molar-refractivity contribution in [2.75, 3.05) is 7.05 Å². The van der Waals surface area contributed by atoms with Gasteiger partial charge < -0.3 is 9.42 Å². The highest BCUT2D eigenvalue weighted by Gasteiger charge is 2.22. The number of hydrogen-bond acceptors (Lipinski definition) is 5. The number of amides is 1. The zero-order chi connectivity index (χ0) is 15.8. The normalized spacial score (nSPS) is 14.0. The molecule has 0 saturated heterocycles. The van der Waals surface area contributed by atoms with Gasteiger partial charge in [0.25, 0.3) is 5.91 Å². The molecular formula is C16H17N5O2. The predicted molar refractivity (Wildman–Crippen MR) is 82.8 cm³/mol. The van der Waals surface area contributed by atoms with Gasteiger partial charge >= 0.3 is 0 Å². The van der Waals surface area contributed by atoms with Crippen LogP contribution in [0, 0.1) is 0 Å². The van der Waals surface area contributed by atoms with Gasteiger partial charge in [0, 0.05) is 24.6 Å². The van der Waals surface area contributed by atoms with Crippen LogP contribution in [0.5, 0.6) is 0 Å². The first-order valence-corrected chi connectivity index (χ1v) is 7.74. The van der Waals surface area contributed by atoms with E-state index in [9.17, 15) is 4.79 Å². The maximum atomic E-state index is 12.6. The molecule has 1 N–H and O–H groups in total. The summed E-state index contributed by atoms with van der Waals surface area (Å²) >= 11 is 0. The van der Waals surface area contributed by atoms with Crippen LogP contribution >= 0.6 is 0 Å². The smallest absolute Gasteiger partial charge is 0.254 e. The van der Waals surface area contributed by atoms with Crippen LogP contribution in [-0.4, -0.2) is 38.4 Å². The molecule has 118 valence electrons. The number of H-pyrrole nitrogens is 1. The van der Waals surface area contributed by atoms with E-state index >= 15 is 0 Å². The number of aromatic amines is 1. The van der Waals surface area contributed by atoms with E-state index in [1.54, 1.807) is 30.1 Å². The summed E-state index contributed by atoms with van der Waals surface area (Å²) in [6.07, 6.45) is 4.24. The molecule has 0 radical (unpaired) electrons. The van der Waals surface area contributed by atoms with E-state index in [0.717, 1.165) is 42.7 Å². The van der Waals surface area contributed by atoms with Gasteiger partial charge in [-0.25, -0.2) is 0 Å². The number of nitrogens with one attached hydrogen (secondary N) is 1. The highest BCUT2D eigenvalue weighted by Crippen LogP contribution is 2.25. The molecule has 2 heterocycles. The van der Waals surface area contributed by atoms with Crippen LogP contribution < -0.4 is 0 Å². The summed E-state index contributed by atoms with van der Waals surface area (Å²) in [5.74, 6) is 0.915. The number of hydrogen-bond donors (Lipinski definition) is 1. The zero-order valence-electron chi connectivity index (χ0n) is 12.9. The van der Waals surface area contributed by atoms with Gasteiger partial charge in [-0.2, -0.15) is 15.4 Å². The first-order chi connectivity index (χ1) is 11.2. The average molecular weight is 311 g/mol. The molecule has 1 aromatic carbocycles. The Morgan fingerprint density at radius 2 is 2.09 bits per heavy atom. The van der Waals surface area contributed by atoms with E-state index in [1.165, 1.54) is 5.56 Å². The lowest BCUT2D eigenvalue weighted by Gasteiger charge is -2.17. The Balaban J connectivity index is 1.55. The second-order valence-corrected chi connectivity index (χ2v) is 5.93. The van der Waals surface area contributed by atoms with Crippen LogP contribution in [0.1, 0.15) is 40.2 Å². The SMILES string of the molecule is CN(Cc1noc2c1CCCC2)C(=O)c1ccc2n[nH]nc2c1. The molecule has 23 heavy (non-hydrogen) atoms. The van der Waals surface area contributed by atoms with Gasteiger partial charge in [-0.15, -0.1) is 0 Å². The van der Waals surface area contributed by atoms with Crippen molar-refractivity contribution in [1.82, 2.24) is 25.5 Å². The highest BCUT2D eigenvalue weighted by atomic mass is 16.5. The number of aryl methyl sites for hydroxylation is 1. The minimum absolute atomic E-state index is 0.0672. The molecule has 0 aliphatic heterocycles. The van der Waals surface area contributed by atoms with Crippen LogP contribution in [-0.2, 0) is 19.4 Å². The largest absolute Gasteiger partial charge is 0.361 e. The molecular weight excluding hydrogens is 294 g/mol.